The van der Waals surface area contributed by atoms with E-state index in [1.165, 1.54) is 13.5 Å². The second kappa shape index (κ2) is 6.14. The topological polar surface area (TPSA) is 3.24 Å². The maximum Gasteiger partial charge on any atom is 0.0701 e. The second-order valence-electron chi connectivity index (χ2n) is 4.28. The van der Waals surface area contributed by atoms with Crippen molar-refractivity contribution in [3.8, 4) is 0 Å². The van der Waals surface area contributed by atoms with Gasteiger partial charge in [0.2, 0.25) is 0 Å². The first-order valence-electron chi connectivity index (χ1n) is 5.66. The van der Waals surface area contributed by atoms with Crippen LogP contribution >= 0.6 is 38.6 Å². The molecule has 0 aliphatic carbocycles. The van der Waals surface area contributed by atoms with Gasteiger partial charge in [0.1, 0.15) is 0 Å². The third kappa shape index (κ3) is 3.91. The summed E-state index contributed by atoms with van der Waals surface area (Å²) in [5, 5.41) is 2.15. The summed E-state index contributed by atoms with van der Waals surface area (Å²) in [6, 6.07) is 9.24. The first kappa shape index (κ1) is 13.3. The number of hydrogen-bond donors (Lipinski definition) is 0. The molecule has 0 saturated carbocycles. The van der Waals surface area contributed by atoms with Crippen LogP contribution in [-0.4, -0.2) is 10.9 Å². The number of nitrogens with zero attached hydrogens (tertiary/aromatic N) is 1. The fraction of sp³-hybridized carbons (Fsp3) is 0.385. The monoisotopic (exact) mass is 329 g/mol. The predicted octanol–water partition coefficient (Wildman–Crippen LogP) is 4.98. The highest BCUT2D eigenvalue weighted by Gasteiger charge is 2.12. The minimum Gasteiger partial charge on any atom is -0.291 e. The fourth-order valence-electron chi connectivity index (χ4n) is 1.66. The first-order valence-corrected chi connectivity index (χ1v) is 8.14. The van der Waals surface area contributed by atoms with Crippen LogP contribution in [0.2, 0.25) is 0 Å². The second-order valence-corrected chi connectivity index (χ2v) is 7.86. The number of halogens is 1. The maximum atomic E-state index is 3.52. The zero-order chi connectivity index (χ0) is 12.3. The van der Waals surface area contributed by atoms with Crippen LogP contribution in [0, 0.1) is 0 Å². The zero-order valence-corrected chi connectivity index (χ0v) is 13.2. The first-order chi connectivity index (χ1) is 8.15. The van der Waals surface area contributed by atoms with Gasteiger partial charge in [-0.15, -0.1) is 22.7 Å². The molecule has 1 nitrogen and oxygen atoms in total. The van der Waals surface area contributed by atoms with Crippen LogP contribution in [0.4, 0.5) is 0 Å². The van der Waals surface area contributed by atoms with Crippen molar-refractivity contribution in [3.63, 3.8) is 0 Å². The Morgan fingerprint density at radius 1 is 1.18 bits per heavy atom. The highest BCUT2D eigenvalue weighted by atomic mass is 79.9. The molecule has 0 spiro atoms. The summed E-state index contributed by atoms with van der Waals surface area (Å²) < 4.78 is 1.22. The van der Waals surface area contributed by atoms with E-state index in [1.807, 2.05) is 22.7 Å². The Balaban J connectivity index is 2.02. The van der Waals surface area contributed by atoms with E-state index in [0.29, 0.717) is 6.04 Å². The van der Waals surface area contributed by atoms with Gasteiger partial charge in [0, 0.05) is 28.9 Å². The van der Waals surface area contributed by atoms with E-state index >= 15 is 0 Å². The fourth-order valence-corrected chi connectivity index (χ4v) is 3.90. The van der Waals surface area contributed by atoms with E-state index in [2.05, 4.69) is 64.3 Å². The Morgan fingerprint density at radius 2 is 1.94 bits per heavy atom. The molecule has 4 heteroatoms. The average molecular weight is 330 g/mol. The Kier molecular flexibility index (Phi) is 4.79. The lowest BCUT2D eigenvalue weighted by molar-refractivity contribution is 0.207. The van der Waals surface area contributed by atoms with Gasteiger partial charge in [0.05, 0.1) is 3.79 Å². The summed E-state index contributed by atoms with van der Waals surface area (Å²) in [6.45, 7) is 6.60. The zero-order valence-electron chi connectivity index (χ0n) is 10.0. The van der Waals surface area contributed by atoms with Crippen molar-refractivity contribution in [1.29, 1.82) is 0 Å². The van der Waals surface area contributed by atoms with Crippen molar-refractivity contribution in [2.45, 2.75) is 33.0 Å². The summed E-state index contributed by atoms with van der Waals surface area (Å²) >= 11 is 7.18. The van der Waals surface area contributed by atoms with Crippen molar-refractivity contribution < 1.29 is 0 Å². The third-order valence-corrected chi connectivity index (χ3v) is 5.13. The van der Waals surface area contributed by atoms with Gasteiger partial charge >= 0.3 is 0 Å². The smallest absolute Gasteiger partial charge is 0.0701 e. The van der Waals surface area contributed by atoms with Gasteiger partial charge in [-0.05, 0) is 53.4 Å². The Hall–Kier alpha value is -0.160. The van der Waals surface area contributed by atoms with Gasteiger partial charge < -0.3 is 0 Å². The summed E-state index contributed by atoms with van der Waals surface area (Å²) in [5.74, 6) is 0. The molecule has 0 aromatic carbocycles. The molecule has 0 aliphatic heterocycles. The molecule has 92 valence electrons. The molecule has 0 N–H and O–H groups in total. The van der Waals surface area contributed by atoms with Gasteiger partial charge in [-0.25, -0.2) is 0 Å². The van der Waals surface area contributed by atoms with Crippen LogP contribution in [0.1, 0.15) is 23.6 Å². The summed E-state index contributed by atoms with van der Waals surface area (Å²) in [7, 11) is 0. The molecule has 0 bridgehead atoms. The normalized spacial score (nSPS) is 11.6. The van der Waals surface area contributed by atoms with Crippen molar-refractivity contribution in [2.24, 2.45) is 0 Å². The highest BCUT2D eigenvalue weighted by molar-refractivity contribution is 9.11. The molecule has 0 amide bonds. The largest absolute Gasteiger partial charge is 0.291 e. The Bertz CT molecular complexity index is 448. The average Bonchev–Trinajstić information content (AvgIpc) is 2.89. The molecule has 0 radical (unpaired) electrons. The molecule has 2 aromatic rings. The number of rotatable bonds is 5. The predicted molar refractivity (Wildman–Crippen MR) is 80.7 cm³/mol. The van der Waals surface area contributed by atoms with Gasteiger partial charge in [0.25, 0.3) is 0 Å². The SMILES string of the molecule is CC(C)N(Cc1cccs1)Cc1ccc(Br)s1. The van der Waals surface area contributed by atoms with Crippen molar-refractivity contribution in [3.05, 3.63) is 43.2 Å². The van der Waals surface area contributed by atoms with Crippen molar-refractivity contribution in [1.82, 2.24) is 4.90 Å². The van der Waals surface area contributed by atoms with Crippen molar-refractivity contribution >= 4 is 38.6 Å². The molecule has 17 heavy (non-hydrogen) atoms. The maximum absolute atomic E-state index is 3.52. The lowest BCUT2D eigenvalue weighted by Crippen LogP contribution is -2.29. The lowest BCUT2D eigenvalue weighted by Gasteiger charge is -2.25. The Labute approximate surface area is 119 Å². The molecule has 0 fully saturated rings. The van der Waals surface area contributed by atoms with Gasteiger partial charge in [-0.3, -0.25) is 4.90 Å². The summed E-state index contributed by atoms with van der Waals surface area (Å²) in [6.07, 6.45) is 0. The van der Waals surface area contributed by atoms with E-state index in [-0.39, 0.29) is 0 Å². The highest BCUT2D eigenvalue weighted by Crippen LogP contribution is 2.25. The van der Waals surface area contributed by atoms with Crippen LogP contribution in [0.5, 0.6) is 0 Å². The van der Waals surface area contributed by atoms with Gasteiger partial charge in [-0.2, -0.15) is 0 Å². The van der Waals surface area contributed by atoms with Crippen molar-refractivity contribution in [2.75, 3.05) is 0 Å². The van der Waals surface area contributed by atoms with Crippen LogP contribution in [0.3, 0.4) is 0 Å². The van der Waals surface area contributed by atoms with E-state index in [4.69, 9.17) is 0 Å². The Morgan fingerprint density at radius 3 is 2.47 bits per heavy atom. The lowest BCUT2D eigenvalue weighted by atomic mass is 10.3. The molecule has 0 atom stereocenters. The number of hydrogen-bond acceptors (Lipinski definition) is 3. The molecule has 2 heterocycles. The molecule has 2 rings (SSSR count). The van der Waals surface area contributed by atoms with Gasteiger partial charge in [-0.1, -0.05) is 6.07 Å². The molecular formula is C13H16BrNS2. The standard InChI is InChI=1S/C13H16BrNS2/c1-10(2)15(8-11-4-3-7-16-11)9-12-5-6-13(14)17-12/h3-7,10H,8-9H2,1-2H3. The molecular weight excluding hydrogens is 314 g/mol. The molecule has 0 saturated heterocycles. The summed E-state index contributed by atoms with van der Waals surface area (Å²) in [4.78, 5) is 5.36. The molecule has 0 aliphatic rings. The van der Waals surface area contributed by atoms with E-state index in [0.717, 1.165) is 13.1 Å². The van der Waals surface area contributed by atoms with E-state index < -0.39 is 0 Å². The minimum atomic E-state index is 0.568. The molecule has 2 aromatic heterocycles. The number of thiophene rings is 2. The van der Waals surface area contributed by atoms with E-state index in [9.17, 15) is 0 Å². The third-order valence-electron chi connectivity index (χ3n) is 2.66. The minimum absolute atomic E-state index is 0.568. The van der Waals surface area contributed by atoms with Crippen LogP contribution in [-0.2, 0) is 13.1 Å². The van der Waals surface area contributed by atoms with Crippen LogP contribution in [0.25, 0.3) is 0 Å². The van der Waals surface area contributed by atoms with Crippen LogP contribution in [0.15, 0.2) is 33.4 Å². The summed E-state index contributed by atoms with van der Waals surface area (Å²) in [5.41, 5.74) is 0. The quantitative estimate of drug-likeness (QED) is 0.747. The van der Waals surface area contributed by atoms with E-state index in [1.54, 1.807) is 0 Å². The van der Waals surface area contributed by atoms with Gasteiger partial charge in [0.15, 0.2) is 0 Å². The molecule has 0 unspecified atom stereocenters. The van der Waals surface area contributed by atoms with Crippen LogP contribution < -0.4 is 0 Å².